The van der Waals surface area contributed by atoms with Crippen LogP contribution in [0.2, 0.25) is 5.02 Å². The van der Waals surface area contributed by atoms with Crippen molar-refractivity contribution in [1.82, 2.24) is 10.3 Å². The normalized spacial score (nSPS) is 14.4. The molecule has 1 aromatic carbocycles. The Morgan fingerprint density at radius 3 is 2.95 bits per heavy atom. The SMILES string of the molecule is Clc1cccc(Oc2ncccc2CNC2CC2)c1. The zero-order valence-electron chi connectivity index (χ0n) is 10.5. The monoisotopic (exact) mass is 274 g/mol. The summed E-state index contributed by atoms with van der Waals surface area (Å²) in [5, 5.41) is 4.12. The Kier molecular flexibility index (Phi) is 3.67. The highest BCUT2D eigenvalue weighted by atomic mass is 35.5. The van der Waals surface area contributed by atoms with Crippen molar-refractivity contribution in [2.75, 3.05) is 0 Å². The van der Waals surface area contributed by atoms with E-state index in [-0.39, 0.29) is 0 Å². The van der Waals surface area contributed by atoms with Crippen molar-refractivity contribution in [3.05, 3.63) is 53.2 Å². The van der Waals surface area contributed by atoms with Crippen LogP contribution in [0.5, 0.6) is 11.6 Å². The summed E-state index contributed by atoms with van der Waals surface area (Å²) in [7, 11) is 0. The summed E-state index contributed by atoms with van der Waals surface area (Å²) in [6.45, 7) is 0.786. The molecule has 0 spiro atoms. The lowest BCUT2D eigenvalue weighted by Crippen LogP contribution is -2.16. The lowest BCUT2D eigenvalue weighted by atomic mass is 10.2. The van der Waals surface area contributed by atoms with Crippen LogP contribution in [-0.2, 0) is 6.54 Å². The van der Waals surface area contributed by atoms with Gasteiger partial charge in [0.1, 0.15) is 5.75 Å². The van der Waals surface area contributed by atoms with Crippen LogP contribution in [0.25, 0.3) is 0 Å². The summed E-state index contributed by atoms with van der Waals surface area (Å²) in [5.74, 6) is 1.34. The van der Waals surface area contributed by atoms with Gasteiger partial charge in [0.2, 0.25) is 5.88 Å². The molecule has 1 fully saturated rings. The molecule has 0 atom stereocenters. The first kappa shape index (κ1) is 12.5. The maximum atomic E-state index is 5.95. The van der Waals surface area contributed by atoms with Gasteiger partial charge in [0, 0.05) is 29.4 Å². The van der Waals surface area contributed by atoms with E-state index in [0.717, 1.165) is 12.1 Å². The molecule has 0 amide bonds. The minimum Gasteiger partial charge on any atom is -0.439 e. The summed E-state index contributed by atoms with van der Waals surface area (Å²) in [5.41, 5.74) is 1.06. The lowest BCUT2D eigenvalue weighted by molar-refractivity contribution is 0.453. The van der Waals surface area contributed by atoms with Crippen molar-refractivity contribution in [2.45, 2.75) is 25.4 Å². The van der Waals surface area contributed by atoms with Gasteiger partial charge in [-0.2, -0.15) is 0 Å². The number of halogens is 1. The second-order valence-corrected chi connectivity index (χ2v) is 5.12. The summed E-state index contributed by atoms with van der Waals surface area (Å²) < 4.78 is 5.81. The molecule has 1 aliphatic rings. The van der Waals surface area contributed by atoms with E-state index in [9.17, 15) is 0 Å². The van der Waals surface area contributed by atoms with Crippen LogP contribution < -0.4 is 10.1 Å². The number of benzene rings is 1. The highest BCUT2D eigenvalue weighted by Crippen LogP contribution is 2.26. The molecule has 1 N–H and O–H groups in total. The number of hydrogen-bond donors (Lipinski definition) is 1. The fourth-order valence-corrected chi connectivity index (χ4v) is 2.01. The van der Waals surface area contributed by atoms with Crippen LogP contribution in [0.4, 0.5) is 0 Å². The number of pyridine rings is 1. The average Bonchev–Trinajstić information content (AvgIpc) is 3.22. The minimum atomic E-state index is 0.637. The maximum absolute atomic E-state index is 5.95. The molecule has 0 saturated heterocycles. The molecule has 3 nitrogen and oxygen atoms in total. The summed E-state index contributed by atoms with van der Waals surface area (Å²) in [6, 6.07) is 12.0. The van der Waals surface area contributed by atoms with Gasteiger partial charge >= 0.3 is 0 Å². The minimum absolute atomic E-state index is 0.637. The third-order valence-electron chi connectivity index (χ3n) is 3.02. The van der Waals surface area contributed by atoms with Gasteiger partial charge in [-0.05, 0) is 37.1 Å². The zero-order chi connectivity index (χ0) is 13.1. The van der Waals surface area contributed by atoms with Crippen LogP contribution in [-0.4, -0.2) is 11.0 Å². The van der Waals surface area contributed by atoms with Gasteiger partial charge in [-0.15, -0.1) is 0 Å². The molecule has 1 aliphatic carbocycles. The predicted octanol–water partition coefficient (Wildman–Crippen LogP) is 3.78. The number of rotatable bonds is 5. The van der Waals surface area contributed by atoms with Crippen LogP contribution in [0.1, 0.15) is 18.4 Å². The van der Waals surface area contributed by atoms with Crippen molar-refractivity contribution < 1.29 is 4.74 Å². The van der Waals surface area contributed by atoms with Gasteiger partial charge in [0.25, 0.3) is 0 Å². The molecule has 98 valence electrons. The van der Waals surface area contributed by atoms with E-state index >= 15 is 0 Å². The fourth-order valence-electron chi connectivity index (χ4n) is 1.83. The van der Waals surface area contributed by atoms with E-state index in [1.807, 2.05) is 30.3 Å². The van der Waals surface area contributed by atoms with E-state index < -0.39 is 0 Å². The van der Waals surface area contributed by atoms with E-state index in [2.05, 4.69) is 10.3 Å². The highest BCUT2D eigenvalue weighted by molar-refractivity contribution is 6.30. The Bertz CT molecular complexity index is 570. The molecule has 0 aliphatic heterocycles. The predicted molar refractivity (Wildman–Crippen MR) is 75.6 cm³/mol. The molecule has 4 heteroatoms. The van der Waals surface area contributed by atoms with Crippen molar-refractivity contribution in [3.63, 3.8) is 0 Å². The molecule has 1 heterocycles. The molecule has 1 saturated carbocycles. The molecule has 19 heavy (non-hydrogen) atoms. The van der Waals surface area contributed by atoms with E-state index in [1.165, 1.54) is 12.8 Å². The summed E-state index contributed by atoms with van der Waals surface area (Å²) >= 11 is 5.95. The average molecular weight is 275 g/mol. The number of ether oxygens (including phenoxy) is 1. The fraction of sp³-hybridized carbons (Fsp3) is 0.267. The first-order valence-corrected chi connectivity index (χ1v) is 6.80. The Labute approximate surface area is 117 Å². The molecule has 2 aromatic rings. The van der Waals surface area contributed by atoms with Crippen molar-refractivity contribution in [2.24, 2.45) is 0 Å². The van der Waals surface area contributed by atoms with Crippen LogP contribution in [0.15, 0.2) is 42.6 Å². The van der Waals surface area contributed by atoms with Gasteiger partial charge in [0.15, 0.2) is 0 Å². The number of nitrogens with zero attached hydrogens (tertiary/aromatic N) is 1. The molecule has 1 aromatic heterocycles. The third kappa shape index (κ3) is 3.46. The van der Waals surface area contributed by atoms with Crippen LogP contribution in [0, 0.1) is 0 Å². The van der Waals surface area contributed by atoms with E-state index in [0.29, 0.717) is 22.7 Å². The van der Waals surface area contributed by atoms with Gasteiger partial charge in [0.05, 0.1) is 0 Å². The van der Waals surface area contributed by atoms with Gasteiger partial charge < -0.3 is 10.1 Å². The highest BCUT2D eigenvalue weighted by Gasteiger charge is 2.20. The van der Waals surface area contributed by atoms with Gasteiger partial charge in [-0.25, -0.2) is 4.98 Å². The number of nitrogens with one attached hydrogen (secondary N) is 1. The second kappa shape index (κ2) is 5.59. The Balaban J connectivity index is 1.75. The topological polar surface area (TPSA) is 34.1 Å². The molecular weight excluding hydrogens is 260 g/mol. The number of hydrogen-bond acceptors (Lipinski definition) is 3. The second-order valence-electron chi connectivity index (χ2n) is 4.68. The van der Waals surface area contributed by atoms with Crippen molar-refractivity contribution >= 4 is 11.6 Å². The lowest BCUT2D eigenvalue weighted by Gasteiger charge is -2.10. The zero-order valence-corrected chi connectivity index (χ0v) is 11.2. The largest absolute Gasteiger partial charge is 0.439 e. The Hall–Kier alpha value is -1.58. The molecule has 3 rings (SSSR count). The maximum Gasteiger partial charge on any atom is 0.223 e. The summed E-state index contributed by atoms with van der Waals surface area (Å²) in [4.78, 5) is 4.30. The van der Waals surface area contributed by atoms with Crippen molar-refractivity contribution in [3.8, 4) is 11.6 Å². The molecular formula is C15H15ClN2O. The van der Waals surface area contributed by atoms with Crippen LogP contribution >= 0.6 is 11.6 Å². The molecule has 0 unspecified atom stereocenters. The number of aromatic nitrogens is 1. The third-order valence-corrected chi connectivity index (χ3v) is 3.25. The Morgan fingerprint density at radius 2 is 2.16 bits per heavy atom. The van der Waals surface area contributed by atoms with E-state index in [4.69, 9.17) is 16.3 Å². The van der Waals surface area contributed by atoms with Crippen molar-refractivity contribution in [1.29, 1.82) is 0 Å². The van der Waals surface area contributed by atoms with Gasteiger partial charge in [-0.1, -0.05) is 23.7 Å². The first-order valence-electron chi connectivity index (χ1n) is 6.42. The smallest absolute Gasteiger partial charge is 0.223 e. The standard InChI is InChI=1S/C15H15ClN2O/c16-12-4-1-5-14(9-12)19-15-11(3-2-8-17-15)10-18-13-6-7-13/h1-5,8-9,13,18H,6-7,10H2. The molecule has 0 radical (unpaired) electrons. The van der Waals surface area contributed by atoms with Crippen LogP contribution in [0.3, 0.4) is 0 Å². The summed E-state index contributed by atoms with van der Waals surface area (Å²) in [6.07, 6.45) is 4.27. The van der Waals surface area contributed by atoms with Gasteiger partial charge in [-0.3, -0.25) is 0 Å². The first-order chi connectivity index (χ1) is 9.31. The Morgan fingerprint density at radius 1 is 1.26 bits per heavy atom. The van der Waals surface area contributed by atoms with E-state index in [1.54, 1.807) is 12.3 Å². The quantitative estimate of drug-likeness (QED) is 0.901. The molecule has 0 bridgehead atoms.